The highest BCUT2D eigenvalue weighted by Gasteiger charge is 2.28. The van der Waals surface area contributed by atoms with Crippen molar-refractivity contribution in [3.8, 4) is 5.75 Å². The summed E-state index contributed by atoms with van der Waals surface area (Å²) in [5, 5.41) is 4.14. The smallest absolute Gasteiger partial charge is 0.343 e. The number of nitrogens with one attached hydrogen (secondary N) is 1. The van der Waals surface area contributed by atoms with Crippen LogP contribution in [0, 0.1) is 0 Å². The SMILES string of the molecule is COC(=O)COc1cccc([C@H]2CC(=O)Nc3cccc4c3c2cn4Cc2ccccc2)c1. The van der Waals surface area contributed by atoms with Crippen LogP contribution in [-0.4, -0.2) is 30.2 Å². The van der Waals surface area contributed by atoms with Gasteiger partial charge in [-0.3, -0.25) is 4.79 Å². The lowest BCUT2D eigenvalue weighted by Gasteiger charge is -2.16. The second kappa shape index (κ2) is 8.82. The fraction of sp³-hybridized carbons (Fsp3) is 0.185. The molecule has 0 fully saturated rings. The number of methoxy groups -OCH3 is 1. The molecule has 6 heteroatoms. The van der Waals surface area contributed by atoms with Crippen molar-refractivity contribution in [3.63, 3.8) is 0 Å². The molecule has 0 unspecified atom stereocenters. The third-order valence-electron chi connectivity index (χ3n) is 6.02. The number of anilines is 1. The van der Waals surface area contributed by atoms with Gasteiger partial charge in [0.1, 0.15) is 5.75 Å². The van der Waals surface area contributed by atoms with Crippen LogP contribution in [0.4, 0.5) is 5.69 Å². The molecule has 1 N–H and O–H groups in total. The molecule has 2 heterocycles. The molecular weight excluding hydrogens is 416 g/mol. The zero-order valence-corrected chi connectivity index (χ0v) is 18.3. The molecule has 0 saturated carbocycles. The van der Waals surface area contributed by atoms with Crippen molar-refractivity contribution in [1.82, 2.24) is 4.57 Å². The average Bonchev–Trinajstić information content (AvgIpc) is 3.13. The minimum absolute atomic E-state index is 0.0285. The summed E-state index contributed by atoms with van der Waals surface area (Å²) in [4.78, 5) is 24.3. The molecule has 0 radical (unpaired) electrons. The quantitative estimate of drug-likeness (QED) is 0.441. The van der Waals surface area contributed by atoms with Crippen molar-refractivity contribution in [3.05, 3.63) is 95.7 Å². The number of nitrogens with zero attached hydrogens (tertiary/aromatic N) is 1. The molecule has 1 aromatic heterocycles. The fourth-order valence-electron chi connectivity index (χ4n) is 4.48. The van der Waals surface area contributed by atoms with Gasteiger partial charge in [0.25, 0.3) is 0 Å². The largest absolute Gasteiger partial charge is 0.482 e. The lowest BCUT2D eigenvalue weighted by Crippen LogP contribution is -2.14. The Bertz CT molecular complexity index is 1330. The van der Waals surface area contributed by atoms with Crippen LogP contribution in [0.2, 0.25) is 0 Å². The number of carbonyl (C=O) groups excluding carboxylic acids is 2. The number of esters is 1. The number of carbonyl (C=O) groups is 2. The van der Waals surface area contributed by atoms with Gasteiger partial charge in [0.05, 0.1) is 18.3 Å². The van der Waals surface area contributed by atoms with Crippen LogP contribution in [0.3, 0.4) is 0 Å². The molecule has 33 heavy (non-hydrogen) atoms. The minimum atomic E-state index is -0.442. The Morgan fingerprint density at radius 3 is 2.70 bits per heavy atom. The normalized spacial score (nSPS) is 15.1. The lowest BCUT2D eigenvalue weighted by atomic mass is 9.88. The number of ether oxygens (including phenoxy) is 2. The molecule has 1 aliphatic heterocycles. The summed E-state index contributed by atoms with van der Waals surface area (Å²) in [5.74, 6) is -0.0484. The van der Waals surface area contributed by atoms with Gasteiger partial charge in [-0.05, 0) is 41.0 Å². The van der Waals surface area contributed by atoms with Crippen molar-refractivity contribution in [2.75, 3.05) is 19.0 Å². The number of aromatic nitrogens is 1. The Morgan fingerprint density at radius 1 is 1.06 bits per heavy atom. The third kappa shape index (κ3) is 4.20. The first-order chi connectivity index (χ1) is 16.1. The lowest BCUT2D eigenvalue weighted by molar-refractivity contribution is -0.142. The highest BCUT2D eigenvalue weighted by Crippen LogP contribution is 2.41. The maximum Gasteiger partial charge on any atom is 0.343 e. The van der Waals surface area contributed by atoms with Crippen LogP contribution in [0.5, 0.6) is 5.75 Å². The van der Waals surface area contributed by atoms with E-state index in [1.165, 1.54) is 12.7 Å². The second-order valence-electron chi connectivity index (χ2n) is 8.14. The maximum absolute atomic E-state index is 12.8. The van der Waals surface area contributed by atoms with Gasteiger partial charge in [-0.15, -0.1) is 0 Å². The predicted molar refractivity (Wildman–Crippen MR) is 127 cm³/mol. The highest BCUT2D eigenvalue weighted by atomic mass is 16.6. The Kier molecular flexibility index (Phi) is 5.57. The van der Waals surface area contributed by atoms with E-state index in [0.29, 0.717) is 12.2 Å². The zero-order chi connectivity index (χ0) is 22.8. The van der Waals surface area contributed by atoms with E-state index < -0.39 is 5.97 Å². The van der Waals surface area contributed by atoms with Crippen molar-refractivity contribution in [2.45, 2.75) is 18.9 Å². The first-order valence-electron chi connectivity index (χ1n) is 10.9. The molecule has 5 rings (SSSR count). The van der Waals surface area contributed by atoms with Crippen molar-refractivity contribution in [2.24, 2.45) is 0 Å². The first kappa shape index (κ1) is 20.8. The third-order valence-corrected chi connectivity index (χ3v) is 6.02. The molecule has 1 amide bonds. The summed E-state index contributed by atoms with van der Waals surface area (Å²) in [6, 6.07) is 23.9. The summed E-state index contributed by atoms with van der Waals surface area (Å²) < 4.78 is 12.5. The summed E-state index contributed by atoms with van der Waals surface area (Å²) in [6.07, 6.45) is 2.48. The number of amides is 1. The molecule has 1 aliphatic rings. The van der Waals surface area contributed by atoms with Gasteiger partial charge in [-0.1, -0.05) is 48.5 Å². The Hall–Kier alpha value is -4.06. The van der Waals surface area contributed by atoms with E-state index in [0.717, 1.165) is 34.3 Å². The standard InChI is InChI=1S/C27H24N2O4/c1-32-26(31)17-33-20-10-5-9-19(13-20)21-14-25(30)28-23-11-6-12-24-27(23)22(21)16-29(24)15-18-7-3-2-4-8-18/h2-13,16,21H,14-15,17H2,1H3,(H,28,30)/t21-/m1/s1. The maximum atomic E-state index is 12.8. The molecular formula is C27H24N2O4. The molecule has 1 atom stereocenters. The van der Waals surface area contributed by atoms with Gasteiger partial charge in [0.2, 0.25) is 5.91 Å². The molecule has 166 valence electrons. The van der Waals surface area contributed by atoms with E-state index in [-0.39, 0.29) is 18.4 Å². The molecule has 0 saturated heterocycles. The van der Waals surface area contributed by atoms with E-state index >= 15 is 0 Å². The van der Waals surface area contributed by atoms with Crippen molar-refractivity contribution in [1.29, 1.82) is 0 Å². The Balaban J connectivity index is 1.57. The van der Waals surface area contributed by atoms with E-state index in [9.17, 15) is 9.59 Å². The highest BCUT2D eigenvalue weighted by molar-refractivity contribution is 6.06. The van der Waals surface area contributed by atoms with E-state index in [1.54, 1.807) is 6.07 Å². The fourth-order valence-corrected chi connectivity index (χ4v) is 4.48. The molecule has 6 nitrogen and oxygen atoms in total. The zero-order valence-electron chi connectivity index (χ0n) is 18.3. The summed E-state index contributed by atoms with van der Waals surface area (Å²) >= 11 is 0. The number of rotatable bonds is 6. The average molecular weight is 440 g/mol. The van der Waals surface area contributed by atoms with Crippen molar-refractivity contribution < 1.29 is 19.1 Å². The number of benzene rings is 3. The van der Waals surface area contributed by atoms with Crippen LogP contribution in [0.1, 0.15) is 29.0 Å². The van der Waals surface area contributed by atoms with Gasteiger partial charge in [-0.25, -0.2) is 4.79 Å². The number of hydrogen-bond donors (Lipinski definition) is 1. The summed E-state index contributed by atoms with van der Waals surface area (Å²) in [5.41, 5.74) is 5.18. The van der Waals surface area contributed by atoms with E-state index in [2.05, 4.69) is 39.0 Å². The van der Waals surface area contributed by atoms with Crippen LogP contribution in [-0.2, 0) is 20.9 Å². The molecule has 0 bridgehead atoms. The molecule has 0 spiro atoms. The van der Waals surface area contributed by atoms with Gasteiger partial charge in [0.15, 0.2) is 6.61 Å². The first-order valence-corrected chi connectivity index (χ1v) is 10.9. The van der Waals surface area contributed by atoms with E-state index in [4.69, 9.17) is 4.74 Å². The Labute approximate surface area is 191 Å². The Morgan fingerprint density at radius 2 is 1.88 bits per heavy atom. The van der Waals surface area contributed by atoms with Crippen molar-refractivity contribution >= 4 is 28.5 Å². The predicted octanol–water partition coefficient (Wildman–Crippen LogP) is 4.72. The molecule has 3 aromatic carbocycles. The second-order valence-corrected chi connectivity index (χ2v) is 8.14. The van der Waals surface area contributed by atoms with Crippen LogP contribution < -0.4 is 10.1 Å². The topological polar surface area (TPSA) is 69.6 Å². The molecule has 0 aliphatic carbocycles. The van der Waals surface area contributed by atoms with Gasteiger partial charge in [0, 0.05) is 30.5 Å². The number of hydrogen-bond acceptors (Lipinski definition) is 4. The van der Waals surface area contributed by atoms with Crippen LogP contribution in [0.25, 0.3) is 10.9 Å². The molecule has 4 aromatic rings. The van der Waals surface area contributed by atoms with Crippen LogP contribution >= 0.6 is 0 Å². The monoisotopic (exact) mass is 440 g/mol. The van der Waals surface area contributed by atoms with Gasteiger partial charge < -0.3 is 19.4 Å². The summed E-state index contributed by atoms with van der Waals surface area (Å²) in [7, 11) is 1.33. The minimum Gasteiger partial charge on any atom is -0.482 e. The summed E-state index contributed by atoms with van der Waals surface area (Å²) in [6.45, 7) is 0.579. The van der Waals surface area contributed by atoms with Gasteiger partial charge in [-0.2, -0.15) is 0 Å². The van der Waals surface area contributed by atoms with E-state index in [1.807, 2.05) is 48.5 Å². The van der Waals surface area contributed by atoms with Gasteiger partial charge >= 0.3 is 5.97 Å². The van der Waals surface area contributed by atoms with Crippen LogP contribution in [0.15, 0.2) is 79.0 Å².